The molecule has 5 rings (SSSR count). The minimum atomic E-state index is -0.473. The van der Waals surface area contributed by atoms with E-state index in [4.69, 9.17) is 11.6 Å². The first kappa shape index (κ1) is 23.4. The third kappa shape index (κ3) is 5.19. The van der Waals surface area contributed by atoms with Crippen LogP contribution in [0.3, 0.4) is 0 Å². The molecule has 0 radical (unpaired) electrons. The molecule has 2 heterocycles. The van der Waals surface area contributed by atoms with E-state index in [1.165, 1.54) is 0 Å². The zero-order chi connectivity index (χ0) is 24.3. The topological polar surface area (TPSA) is 64.7 Å². The lowest BCUT2D eigenvalue weighted by molar-refractivity contribution is -0.134. The summed E-state index contributed by atoms with van der Waals surface area (Å²) < 4.78 is 0. The second kappa shape index (κ2) is 10.1. The van der Waals surface area contributed by atoms with Crippen LogP contribution in [-0.4, -0.2) is 46.5 Å². The number of amides is 3. The lowest BCUT2D eigenvalue weighted by Gasteiger charge is -2.44. The van der Waals surface area contributed by atoms with Gasteiger partial charge in [-0.25, -0.2) is 4.79 Å². The molecule has 0 bridgehead atoms. The molecule has 2 aliphatic rings. The van der Waals surface area contributed by atoms with Crippen molar-refractivity contribution in [2.45, 2.75) is 37.5 Å². The average Bonchev–Trinajstić information content (AvgIpc) is 3.11. The predicted octanol–water partition coefficient (Wildman–Crippen LogP) is 4.91. The molecule has 1 spiro atoms. The lowest BCUT2D eigenvalue weighted by atomic mass is 9.95. The first-order valence-electron chi connectivity index (χ1n) is 12.0. The van der Waals surface area contributed by atoms with E-state index in [9.17, 15) is 9.59 Å². The summed E-state index contributed by atoms with van der Waals surface area (Å²) >= 11 is 6.05. The number of hydrogen-bond donors (Lipinski definition) is 2. The Hall–Kier alpha value is -3.35. The van der Waals surface area contributed by atoms with Crippen molar-refractivity contribution in [3.05, 3.63) is 101 Å². The Bertz CT molecular complexity index is 1180. The van der Waals surface area contributed by atoms with Crippen LogP contribution in [0.1, 0.15) is 24.0 Å². The number of benzene rings is 3. The number of rotatable bonds is 5. The molecule has 7 heteroatoms. The molecular formula is C28H29ClN4O2. The van der Waals surface area contributed by atoms with Gasteiger partial charge in [-0.15, -0.1) is 0 Å². The molecule has 0 aromatic heterocycles. The molecular weight excluding hydrogens is 460 g/mol. The molecule has 180 valence electrons. The maximum absolute atomic E-state index is 13.6. The quantitative estimate of drug-likeness (QED) is 0.536. The highest BCUT2D eigenvalue weighted by molar-refractivity contribution is 6.30. The van der Waals surface area contributed by atoms with E-state index in [1.807, 2.05) is 58.3 Å². The molecule has 3 aromatic carbocycles. The van der Waals surface area contributed by atoms with Crippen LogP contribution in [0.5, 0.6) is 0 Å². The van der Waals surface area contributed by atoms with Crippen molar-refractivity contribution in [2.24, 2.45) is 0 Å². The summed E-state index contributed by atoms with van der Waals surface area (Å²) in [7, 11) is 0. The standard InChI is InChI=1S/C28H29ClN4O2/c29-23-12-7-13-24(19-23)30-27(35)32-16-14-28(15-17-32)31-25(18-21-8-3-1-4-9-21)26(34)33(28)20-22-10-5-2-6-11-22/h1-13,19,25,31H,14-18,20H2,(H,30,35)/t25-/m0/s1. The molecule has 35 heavy (non-hydrogen) atoms. The molecule has 0 saturated carbocycles. The number of urea groups is 1. The monoisotopic (exact) mass is 488 g/mol. The number of anilines is 1. The Morgan fingerprint density at radius 1 is 0.943 bits per heavy atom. The zero-order valence-electron chi connectivity index (χ0n) is 19.5. The van der Waals surface area contributed by atoms with E-state index in [1.54, 1.807) is 12.1 Å². The summed E-state index contributed by atoms with van der Waals surface area (Å²) in [4.78, 5) is 30.3. The van der Waals surface area contributed by atoms with E-state index >= 15 is 0 Å². The predicted molar refractivity (Wildman–Crippen MR) is 138 cm³/mol. The van der Waals surface area contributed by atoms with Crippen molar-refractivity contribution in [3.63, 3.8) is 0 Å². The summed E-state index contributed by atoms with van der Waals surface area (Å²) in [6, 6.07) is 26.9. The van der Waals surface area contributed by atoms with E-state index in [0.717, 1.165) is 11.1 Å². The molecule has 2 aliphatic heterocycles. The van der Waals surface area contributed by atoms with Gasteiger partial charge in [0.15, 0.2) is 0 Å². The fourth-order valence-electron chi connectivity index (χ4n) is 5.11. The second-order valence-corrected chi connectivity index (χ2v) is 9.69. The van der Waals surface area contributed by atoms with Crippen LogP contribution < -0.4 is 10.6 Å². The summed E-state index contributed by atoms with van der Waals surface area (Å²) in [6.45, 7) is 1.65. The van der Waals surface area contributed by atoms with E-state index in [2.05, 4.69) is 34.9 Å². The molecule has 0 aliphatic carbocycles. The minimum Gasteiger partial charge on any atom is -0.324 e. The van der Waals surface area contributed by atoms with Crippen molar-refractivity contribution in [2.75, 3.05) is 18.4 Å². The van der Waals surface area contributed by atoms with Gasteiger partial charge in [0.05, 0.1) is 11.7 Å². The number of hydrogen-bond acceptors (Lipinski definition) is 3. The van der Waals surface area contributed by atoms with Crippen LogP contribution in [-0.2, 0) is 17.8 Å². The Morgan fingerprint density at radius 3 is 2.26 bits per heavy atom. The maximum Gasteiger partial charge on any atom is 0.321 e. The van der Waals surface area contributed by atoms with Gasteiger partial charge in [0.1, 0.15) is 0 Å². The third-order valence-electron chi connectivity index (χ3n) is 6.94. The van der Waals surface area contributed by atoms with Crippen molar-refractivity contribution in [3.8, 4) is 0 Å². The molecule has 6 nitrogen and oxygen atoms in total. The Morgan fingerprint density at radius 2 is 1.60 bits per heavy atom. The lowest BCUT2D eigenvalue weighted by Crippen LogP contribution is -2.59. The van der Waals surface area contributed by atoms with Gasteiger partial charge in [-0.2, -0.15) is 0 Å². The van der Waals surface area contributed by atoms with Crippen LogP contribution in [0.25, 0.3) is 0 Å². The number of nitrogens with one attached hydrogen (secondary N) is 2. The van der Waals surface area contributed by atoms with E-state index in [0.29, 0.717) is 49.6 Å². The number of carbonyl (C=O) groups excluding carboxylic acids is 2. The minimum absolute atomic E-state index is 0.120. The van der Waals surface area contributed by atoms with Gasteiger partial charge >= 0.3 is 6.03 Å². The largest absolute Gasteiger partial charge is 0.324 e. The highest BCUT2D eigenvalue weighted by Crippen LogP contribution is 2.35. The van der Waals surface area contributed by atoms with Crippen molar-refractivity contribution >= 4 is 29.2 Å². The molecule has 2 fully saturated rings. The third-order valence-corrected chi connectivity index (χ3v) is 7.18. The SMILES string of the molecule is O=C(Nc1cccc(Cl)c1)N1CCC2(CC1)N[C@@H](Cc1ccccc1)C(=O)N2Cc1ccccc1. The van der Waals surface area contributed by atoms with E-state index < -0.39 is 5.66 Å². The smallest absolute Gasteiger partial charge is 0.321 e. The van der Waals surface area contributed by atoms with Gasteiger partial charge < -0.3 is 15.1 Å². The molecule has 3 amide bonds. The first-order valence-corrected chi connectivity index (χ1v) is 12.4. The van der Waals surface area contributed by atoms with Gasteiger partial charge in [-0.05, 0) is 35.7 Å². The molecule has 0 unspecified atom stereocenters. The van der Waals surface area contributed by atoms with Crippen LogP contribution in [0, 0.1) is 0 Å². The van der Waals surface area contributed by atoms with Crippen molar-refractivity contribution < 1.29 is 9.59 Å². The molecule has 2 saturated heterocycles. The highest BCUT2D eigenvalue weighted by atomic mass is 35.5. The summed E-state index contributed by atoms with van der Waals surface area (Å²) in [5.41, 5.74) is 2.43. The zero-order valence-corrected chi connectivity index (χ0v) is 20.2. The molecule has 2 N–H and O–H groups in total. The summed E-state index contributed by atoms with van der Waals surface area (Å²) in [6.07, 6.45) is 1.98. The van der Waals surface area contributed by atoms with Gasteiger partial charge in [0.2, 0.25) is 5.91 Å². The summed E-state index contributed by atoms with van der Waals surface area (Å²) in [5, 5.41) is 7.21. The van der Waals surface area contributed by atoms with Crippen LogP contribution in [0.2, 0.25) is 5.02 Å². The Kier molecular flexibility index (Phi) is 6.75. The van der Waals surface area contributed by atoms with Crippen molar-refractivity contribution in [1.82, 2.24) is 15.1 Å². The van der Waals surface area contributed by atoms with Crippen molar-refractivity contribution in [1.29, 1.82) is 0 Å². The van der Waals surface area contributed by atoms with Crippen LogP contribution >= 0.6 is 11.6 Å². The molecule has 3 aromatic rings. The Labute approximate surface area is 210 Å². The van der Waals surface area contributed by atoms with Gasteiger partial charge in [-0.1, -0.05) is 78.3 Å². The fraction of sp³-hybridized carbons (Fsp3) is 0.286. The van der Waals surface area contributed by atoms with Crippen LogP contribution in [0.15, 0.2) is 84.9 Å². The first-order chi connectivity index (χ1) is 17.0. The fourth-order valence-corrected chi connectivity index (χ4v) is 5.30. The van der Waals surface area contributed by atoms with Gasteiger partial charge in [0, 0.05) is 43.2 Å². The van der Waals surface area contributed by atoms with Gasteiger partial charge in [-0.3, -0.25) is 10.1 Å². The van der Waals surface area contributed by atoms with Gasteiger partial charge in [0.25, 0.3) is 0 Å². The normalized spacial score (nSPS) is 19.2. The summed E-state index contributed by atoms with van der Waals surface area (Å²) in [5.74, 6) is 0.120. The average molecular weight is 489 g/mol. The number of piperidine rings is 1. The second-order valence-electron chi connectivity index (χ2n) is 9.26. The number of carbonyl (C=O) groups is 2. The highest BCUT2D eigenvalue weighted by Gasteiger charge is 2.51. The van der Waals surface area contributed by atoms with Crippen LogP contribution in [0.4, 0.5) is 10.5 Å². The van der Waals surface area contributed by atoms with E-state index in [-0.39, 0.29) is 18.0 Å². The number of nitrogens with zero attached hydrogens (tertiary/aromatic N) is 2. The maximum atomic E-state index is 13.6. The molecule has 1 atom stereocenters. The number of halogens is 1. The number of likely N-dealkylation sites (tertiary alicyclic amines) is 1. The Balaban J connectivity index is 1.31.